The summed E-state index contributed by atoms with van der Waals surface area (Å²) < 4.78 is 1.64. The molecule has 33 heavy (non-hydrogen) atoms. The molecule has 2 aliphatic rings. The van der Waals surface area contributed by atoms with Crippen LogP contribution in [0.1, 0.15) is 45.6 Å². The van der Waals surface area contributed by atoms with Gasteiger partial charge in [-0.1, -0.05) is 29.5 Å². The van der Waals surface area contributed by atoms with Gasteiger partial charge in [0.2, 0.25) is 11.8 Å². The van der Waals surface area contributed by atoms with Crippen LogP contribution in [0.25, 0.3) is 5.69 Å². The van der Waals surface area contributed by atoms with Gasteiger partial charge < -0.3 is 10.2 Å². The Morgan fingerprint density at radius 3 is 2.67 bits per heavy atom. The summed E-state index contributed by atoms with van der Waals surface area (Å²) >= 11 is 0. The van der Waals surface area contributed by atoms with Crippen molar-refractivity contribution in [2.24, 2.45) is 0 Å². The molecule has 5 rings (SSSR count). The van der Waals surface area contributed by atoms with Crippen LogP contribution in [0.4, 0.5) is 5.69 Å². The molecule has 3 aromatic rings. The van der Waals surface area contributed by atoms with E-state index < -0.39 is 11.9 Å². The van der Waals surface area contributed by atoms with Gasteiger partial charge in [-0.05, 0) is 49.1 Å². The second-order valence-electron chi connectivity index (χ2n) is 8.52. The molecule has 1 saturated heterocycles. The van der Waals surface area contributed by atoms with Crippen LogP contribution in [0.5, 0.6) is 0 Å². The molecule has 2 N–H and O–H groups in total. The third-order valence-electron chi connectivity index (χ3n) is 6.24. The number of anilines is 1. The van der Waals surface area contributed by atoms with Gasteiger partial charge in [0.25, 0.3) is 5.91 Å². The molecule has 168 valence electrons. The Kier molecular flexibility index (Phi) is 5.16. The van der Waals surface area contributed by atoms with Crippen LogP contribution < -0.4 is 10.6 Å². The van der Waals surface area contributed by atoms with Gasteiger partial charge in [0.1, 0.15) is 11.7 Å². The molecule has 2 aliphatic heterocycles. The number of benzene rings is 2. The van der Waals surface area contributed by atoms with Crippen LogP contribution in [0.15, 0.2) is 42.6 Å². The Bertz CT molecular complexity index is 1260. The number of para-hydroxylation sites is 1. The van der Waals surface area contributed by atoms with Crippen molar-refractivity contribution in [1.29, 1.82) is 0 Å². The summed E-state index contributed by atoms with van der Waals surface area (Å²) in [6.45, 7) is 5.00. The SMILES string of the molecule is Cc1cccc(C)c1NCc1cn(-c2ccc3c(c2)C(=O)N(C2CCC(=O)NC2=O)C3)nn1. The van der Waals surface area contributed by atoms with E-state index in [1.165, 1.54) is 16.0 Å². The Morgan fingerprint density at radius 1 is 1.12 bits per heavy atom. The number of aryl methyl sites for hydroxylation is 2. The van der Waals surface area contributed by atoms with Gasteiger partial charge >= 0.3 is 0 Å². The maximum Gasteiger partial charge on any atom is 0.255 e. The lowest BCUT2D eigenvalue weighted by Crippen LogP contribution is -2.52. The number of piperidine rings is 1. The highest BCUT2D eigenvalue weighted by Crippen LogP contribution is 2.29. The van der Waals surface area contributed by atoms with Crippen LogP contribution in [-0.4, -0.2) is 43.7 Å². The molecular weight excluding hydrogens is 420 g/mol. The molecule has 1 fully saturated rings. The molecule has 0 saturated carbocycles. The van der Waals surface area contributed by atoms with Gasteiger partial charge in [-0.25, -0.2) is 4.68 Å². The summed E-state index contributed by atoms with van der Waals surface area (Å²) in [6, 6.07) is 11.1. The standard InChI is InChI=1S/C24H24N6O3/c1-14-4-3-5-15(2)22(14)25-11-17-13-30(28-27-17)18-7-6-16-12-29(24(33)19(16)10-18)20-8-9-21(31)26-23(20)32/h3-7,10,13,20,25H,8-9,11-12H2,1-2H3,(H,26,31,32). The van der Waals surface area contributed by atoms with Crippen molar-refractivity contribution >= 4 is 23.4 Å². The number of carbonyl (C=O) groups excluding carboxylic acids is 3. The molecule has 1 aromatic heterocycles. The maximum absolute atomic E-state index is 13.0. The highest BCUT2D eigenvalue weighted by Gasteiger charge is 2.39. The molecule has 3 amide bonds. The van der Waals surface area contributed by atoms with Crippen LogP contribution in [-0.2, 0) is 22.7 Å². The normalized spacial score (nSPS) is 17.8. The van der Waals surface area contributed by atoms with Gasteiger partial charge in [0.15, 0.2) is 0 Å². The highest BCUT2D eigenvalue weighted by molar-refractivity contribution is 6.05. The van der Waals surface area contributed by atoms with E-state index >= 15 is 0 Å². The molecule has 0 bridgehead atoms. The van der Waals surface area contributed by atoms with E-state index in [0.717, 1.165) is 22.6 Å². The molecule has 1 unspecified atom stereocenters. The van der Waals surface area contributed by atoms with Crippen LogP contribution >= 0.6 is 0 Å². The van der Waals surface area contributed by atoms with E-state index in [9.17, 15) is 14.4 Å². The van der Waals surface area contributed by atoms with Gasteiger partial charge in [0, 0.05) is 24.2 Å². The molecule has 0 radical (unpaired) electrons. The van der Waals surface area contributed by atoms with Gasteiger partial charge in [-0.3, -0.25) is 19.7 Å². The summed E-state index contributed by atoms with van der Waals surface area (Å²) in [5, 5.41) is 14.2. The monoisotopic (exact) mass is 444 g/mol. The third-order valence-corrected chi connectivity index (χ3v) is 6.24. The van der Waals surface area contributed by atoms with E-state index in [-0.39, 0.29) is 18.2 Å². The maximum atomic E-state index is 13.0. The number of hydrogen-bond donors (Lipinski definition) is 2. The van der Waals surface area contributed by atoms with Gasteiger partial charge in [-0.15, -0.1) is 5.10 Å². The zero-order valence-corrected chi connectivity index (χ0v) is 18.5. The molecule has 9 heteroatoms. The number of nitrogens with zero attached hydrogens (tertiary/aromatic N) is 4. The van der Waals surface area contributed by atoms with E-state index in [2.05, 4.69) is 46.9 Å². The molecule has 1 atom stereocenters. The number of nitrogens with one attached hydrogen (secondary N) is 2. The predicted molar refractivity (Wildman–Crippen MR) is 121 cm³/mol. The van der Waals surface area contributed by atoms with Gasteiger partial charge in [0.05, 0.1) is 18.4 Å². The van der Waals surface area contributed by atoms with Crippen molar-refractivity contribution in [2.75, 3.05) is 5.32 Å². The van der Waals surface area contributed by atoms with Crippen LogP contribution in [0.2, 0.25) is 0 Å². The Hall–Kier alpha value is -4.01. The molecule has 9 nitrogen and oxygen atoms in total. The molecule has 0 aliphatic carbocycles. The topological polar surface area (TPSA) is 109 Å². The second-order valence-corrected chi connectivity index (χ2v) is 8.52. The molecule has 3 heterocycles. The second kappa shape index (κ2) is 8.16. The van der Waals surface area contributed by atoms with Crippen LogP contribution in [0.3, 0.4) is 0 Å². The lowest BCUT2D eigenvalue weighted by atomic mass is 10.0. The fourth-order valence-corrected chi connectivity index (χ4v) is 4.46. The summed E-state index contributed by atoms with van der Waals surface area (Å²) in [5.41, 5.74) is 6.31. The van der Waals surface area contributed by atoms with Crippen molar-refractivity contribution in [3.63, 3.8) is 0 Å². The first-order chi connectivity index (χ1) is 15.9. The number of fused-ring (bicyclic) bond motifs is 1. The molecule has 2 aromatic carbocycles. The molecule has 0 spiro atoms. The zero-order chi connectivity index (χ0) is 23.1. The summed E-state index contributed by atoms with van der Waals surface area (Å²) in [4.78, 5) is 38.3. The summed E-state index contributed by atoms with van der Waals surface area (Å²) in [7, 11) is 0. The Labute approximate surface area is 190 Å². The van der Waals surface area contributed by atoms with Crippen molar-refractivity contribution in [3.8, 4) is 5.69 Å². The number of hydrogen-bond acceptors (Lipinski definition) is 6. The number of amides is 3. The minimum atomic E-state index is -0.625. The van der Waals surface area contributed by atoms with E-state index in [0.29, 0.717) is 25.1 Å². The van der Waals surface area contributed by atoms with E-state index in [4.69, 9.17) is 0 Å². The number of aromatic nitrogens is 3. The predicted octanol–water partition coefficient (Wildman–Crippen LogP) is 2.26. The van der Waals surface area contributed by atoms with Crippen molar-refractivity contribution < 1.29 is 14.4 Å². The fourth-order valence-electron chi connectivity index (χ4n) is 4.46. The van der Waals surface area contributed by atoms with Crippen LogP contribution in [0, 0.1) is 13.8 Å². The van der Waals surface area contributed by atoms with Crippen molar-refractivity contribution in [3.05, 3.63) is 70.5 Å². The summed E-state index contributed by atoms with van der Waals surface area (Å²) in [5.74, 6) is -0.917. The lowest BCUT2D eigenvalue weighted by Gasteiger charge is -2.29. The van der Waals surface area contributed by atoms with E-state index in [1.54, 1.807) is 10.7 Å². The fraction of sp³-hybridized carbons (Fsp3) is 0.292. The first-order valence-corrected chi connectivity index (χ1v) is 10.9. The number of carbonyl (C=O) groups is 3. The van der Waals surface area contributed by atoms with Gasteiger partial charge in [-0.2, -0.15) is 0 Å². The average Bonchev–Trinajstić information content (AvgIpc) is 3.38. The Balaban J connectivity index is 1.32. The zero-order valence-electron chi connectivity index (χ0n) is 18.5. The van der Waals surface area contributed by atoms with Crippen molar-refractivity contribution in [1.82, 2.24) is 25.2 Å². The highest BCUT2D eigenvalue weighted by atomic mass is 16.2. The first-order valence-electron chi connectivity index (χ1n) is 10.9. The summed E-state index contributed by atoms with van der Waals surface area (Å²) in [6.07, 6.45) is 2.41. The number of rotatable bonds is 5. The minimum absolute atomic E-state index is 0.210. The average molecular weight is 444 g/mol. The number of imide groups is 1. The lowest BCUT2D eigenvalue weighted by molar-refractivity contribution is -0.136. The van der Waals surface area contributed by atoms with E-state index in [1.807, 2.05) is 24.4 Å². The first kappa shape index (κ1) is 20.9. The van der Waals surface area contributed by atoms with Crippen molar-refractivity contribution in [2.45, 2.75) is 45.8 Å². The Morgan fingerprint density at radius 2 is 1.91 bits per heavy atom. The molecular formula is C24H24N6O3. The minimum Gasteiger partial charge on any atom is -0.379 e. The third kappa shape index (κ3) is 3.86. The largest absolute Gasteiger partial charge is 0.379 e. The quantitative estimate of drug-likeness (QED) is 0.585. The smallest absolute Gasteiger partial charge is 0.255 e.